The van der Waals surface area contributed by atoms with E-state index in [9.17, 15) is 15.0 Å². The summed E-state index contributed by atoms with van der Waals surface area (Å²) in [6.07, 6.45) is 0.767. The summed E-state index contributed by atoms with van der Waals surface area (Å²) >= 11 is 0. The molecule has 4 heteroatoms. The van der Waals surface area contributed by atoms with E-state index < -0.39 is 0 Å². The highest BCUT2D eigenvalue weighted by Gasteiger charge is 2.12. The lowest BCUT2D eigenvalue weighted by Gasteiger charge is -2.16. The smallest absolute Gasteiger partial charge is 0.224 e. The molecule has 2 aromatic carbocycles. The molecular formula is C17H19NO3. The van der Waals surface area contributed by atoms with Crippen LogP contribution in [-0.4, -0.2) is 28.8 Å². The predicted molar refractivity (Wildman–Crippen MR) is 81.0 cm³/mol. The van der Waals surface area contributed by atoms with Crippen LogP contribution in [0.4, 0.5) is 0 Å². The number of phenols is 1. The van der Waals surface area contributed by atoms with Gasteiger partial charge in [0.15, 0.2) is 0 Å². The van der Waals surface area contributed by atoms with Crippen molar-refractivity contribution in [3.63, 3.8) is 0 Å². The second-order valence-electron chi connectivity index (χ2n) is 4.98. The standard InChI is InChI=1S/C17H19NO3/c19-12-15(9-13-5-2-1-3-6-13)18-17(21)11-14-7-4-8-16(20)10-14/h1-8,10,15,19-20H,9,11-12H2,(H,18,21). The van der Waals surface area contributed by atoms with Gasteiger partial charge in [-0.2, -0.15) is 0 Å². The van der Waals surface area contributed by atoms with E-state index in [2.05, 4.69) is 5.32 Å². The minimum Gasteiger partial charge on any atom is -0.508 e. The Balaban J connectivity index is 1.90. The molecule has 0 aliphatic rings. The van der Waals surface area contributed by atoms with Crippen LogP contribution in [0.2, 0.25) is 0 Å². The molecule has 21 heavy (non-hydrogen) atoms. The van der Waals surface area contributed by atoms with Gasteiger partial charge in [-0.1, -0.05) is 42.5 Å². The van der Waals surface area contributed by atoms with E-state index in [4.69, 9.17) is 0 Å². The monoisotopic (exact) mass is 285 g/mol. The van der Waals surface area contributed by atoms with Crippen LogP contribution in [0.25, 0.3) is 0 Å². The molecular weight excluding hydrogens is 266 g/mol. The molecule has 4 nitrogen and oxygen atoms in total. The Morgan fingerprint density at radius 3 is 2.43 bits per heavy atom. The third kappa shape index (κ3) is 4.93. The van der Waals surface area contributed by atoms with Gasteiger partial charge in [0.25, 0.3) is 0 Å². The van der Waals surface area contributed by atoms with Gasteiger partial charge < -0.3 is 15.5 Å². The Morgan fingerprint density at radius 1 is 1.05 bits per heavy atom. The molecule has 2 rings (SSSR count). The number of rotatable bonds is 6. The van der Waals surface area contributed by atoms with Crippen LogP contribution in [-0.2, 0) is 17.6 Å². The van der Waals surface area contributed by atoms with Crippen LogP contribution >= 0.6 is 0 Å². The summed E-state index contributed by atoms with van der Waals surface area (Å²) in [5, 5.41) is 21.6. The van der Waals surface area contributed by atoms with E-state index in [1.165, 1.54) is 0 Å². The molecule has 0 saturated carbocycles. The Labute approximate surface area is 124 Å². The molecule has 1 unspecified atom stereocenters. The van der Waals surface area contributed by atoms with Gasteiger partial charge in [-0.3, -0.25) is 4.79 Å². The molecule has 0 aliphatic carbocycles. The summed E-state index contributed by atoms with van der Waals surface area (Å²) in [4.78, 5) is 12.0. The first-order valence-electron chi connectivity index (χ1n) is 6.89. The summed E-state index contributed by atoms with van der Waals surface area (Å²) in [6.45, 7) is -0.110. The first kappa shape index (κ1) is 15.1. The van der Waals surface area contributed by atoms with E-state index >= 15 is 0 Å². The van der Waals surface area contributed by atoms with Crippen molar-refractivity contribution in [2.24, 2.45) is 0 Å². The second kappa shape index (κ2) is 7.45. The largest absolute Gasteiger partial charge is 0.508 e. The van der Waals surface area contributed by atoms with Gasteiger partial charge in [0.05, 0.1) is 19.1 Å². The zero-order valence-electron chi connectivity index (χ0n) is 11.7. The van der Waals surface area contributed by atoms with Gasteiger partial charge in [-0.15, -0.1) is 0 Å². The van der Waals surface area contributed by atoms with Gasteiger partial charge >= 0.3 is 0 Å². The van der Waals surface area contributed by atoms with E-state index in [1.807, 2.05) is 30.3 Å². The van der Waals surface area contributed by atoms with E-state index in [1.54, 1.807) is 24.3 Å². The summed E-state index contributed by atoms with van der Waals surface area (Å²) in [5.74, 6) is -0.0288. The van der Waals surface area contributed by atoms with E-state index in [0.29, 0.717) is 6.42 Å². The molecule has 0 radical (unpaired) electrons. The molecule has 0 fully saturated rings. The lowest BCUT2D eigenvalue weighted by Crippen LogP contribution is -2.39. The fraction of sp³-hybridized carbons (Fsp3) is 0.235. The number of hydrogen-bond donors (Lipinski definition) is 3. The molecule has 1 atom stereocenters. The number of aromatic hydroxyl groups is 1. The molecule has 0 saturated heterocycles. The third-order valence-corrected chi connectivity index (χ3v) is 3.19. The maximum atomic E-state index is 12.0. The maximum absolute atomic E-state index is 12.0. The van der Waals surface area contributed by atoms with Crippen molar-refractivity contribution in [3.05, 3.63) is 65.7 Å². The summed E-state index contributed by atoms with van der Waals surface area (Å²) in [5.41, 5.74) is 1.80. The van der Waals surface area contributed by atoms with Crippen LogP contribution in [0.5, 0.6) is 5.75 Å². The highest BCUT2D eigenvalue weighted by Crippen LogP contribution is 2.11. The van der Waals surface area contributed by atoms with Gasteiger partial charge in [-0.05, 0) is 29.7 Å². The molecule has 0 aliphatic heterocycles. The lowest BCUT2D eigenvalue weighted by atomic mass is 10.1. The Bertz CT molecular complexity index is 584. The highest BCUT2D eigenvalue weighted by molar-refractivity contribution is 5.79. The maximum Gasteiger partial charge on any atom is 0.224 e. The molecule has 110 valence electrons. The van der Waals surface area contributed by atoms with Crippen molar-refractivity contribution in [1.82, 2.24) is 5.32 Å². The minimum atomic E-state index is -0.308. The number of phenolic OH excluding ortho intramolecular Hbond substituents is 1. The number of aliphatic hydroxyl groups is 1. The fourth-order valence-electron chi connectivity index (χ4n) is 2.19. The van der Waals surface area contributed by atoms with Gasteiger partial charge in [0.2, 0.25) is 5.91 Å². The predicted octanol–water partition coefficient (Wildman–Crippen LogP) is 1.65. The van der Waals surface area contributed by atoms with Crippen LogP contribution in [0.1, 0.15) is 11.1 Å². The van der Waals surface area contributed by atoms with Gasteiger partial charge in [-0.25, -0.2) is 0 Å². The van der Waals surface area contributed by atoms with Crippen LogP contribution in [0.15, 0.2) is 54.6 Å². The quantitative estimate of drug-likeness (QED) is 0.756. The molecule has 0 bridgehead atoms. The number of benzene rings is 2. The average Bonchev–Trinajstić information content (AvgIpc) is 2.47. The molecule has 2 aromatic rings. The van der Waals surface area contributed by atoms with Crippen LogP contribution in [0, 0.1) is 0 Å². The summed E-state index contributed by atoms with van der Waals surface area (Å²) in [7, 11) is 0. The Hall–Kier alpha value is -2.33. The van der Waals surface area contributed by atoms with Gasteiger partial charge in [0, 0.05) is 0 Å². The van der Waals surface area contributed by atoms with Crippen molar-refractivity contribution in [2.75, 3.05) is 6.61 Å². The first-order valence-corrected chi connectivity index (χ1v) is 6.89. The number of nitrogens with one attached hydrogen (secondary N) is 1. The number of aliphatic hydroxyl groups excluding tert-OH is 1. The van der Waals surface area contributed by atoms with Crippen LogP contribution < -0.4 is 5.32 Å². The normalized spacial score (nSPS) is 11.9. The fourth-order valence-corrected chi connectivity index (χ4v) is 2.19. The SMILES string of the molecule is O=C(Cc1cccc(O)c1)NC(CO)Cc1ccccc1. The lowest BCUT2D eigenvalue weighted by molar-refractivity contribution is -0.121. The van der Waals surface area contributed by atoms with Gasteiger partial charge in [0.1, 0.15) is 5.75 Å². The van der Waals surface area contributed by atoms with Crippen molar-refractivity contribution in [2.45, 2.75) is 18.9 Å². The molecule has 0 aromatic heterocycles. The summed E-state index contributed by atoms with van der Waals surface area (Å²) < 4.78 is 0. The zero-order valence-corrected chi connectivity index (χ0v) is 11.7. The number of carbonyl (C=O) groups is 1. The van der Waals surface area contributed by atoms with Crippen LogP contribution in [0.3, 0.4) is 0 Å². The first-order chi connectivity index (χ1) is 10.2. The summed E-state index contributed by atoms with van der Waals surface area (Å²) in [6, 6.07) is 16.0. The Kier molecular flexibility index (Phi) is 5.35. The third-order valence-electron chi connectivity index (χ3n) is 3.19. The van der Waals surface area contributed by atoms with Crippen molar-refractivity contribution in [3.8, 4) is 5.75 Å². The zero-order chi connectivity index (χ0) is 15.1. The van der Waals surface area contributed by atoms with Crippen molar-refractivity contribution in [1.29, 1.82) is 0 Å². The Morgan fingerprint density at radius 2 is 1.76 bits per heavy atom. The second-order valence-corrected chi connectivity index (χ2v) is 4.98. The molecule has 1 amide bonds. The topological polar surface area (TPSA) is 69.6 Å². The number of carbonyl (C=O) groups excluding carboxylic acids is 1. The molecule has 0 spiro atoms. The highest BCUT2D eigenvalue weighted by atomic mass is 16.3. The molecule has 3 N–H and O–H groups in total. The molecule has 0 heterocycles. The minimum absolute atomic E-state index is 0.110. The average molecular weight is 285 g/mol. The van der Waals surface area contributed by atoms with E-state index in [0.717, 1.165) is 11.1 Å². The van der Waals surface area contributed by atoms with Crippen molar-refractivity contribution >= 4 is 5.91 Å². The number of amides is 1. The number of hydrogen-bond acceptors (Lipinski definition) is 3. The van der Waals surface area contributed by atoms with E-state index in [-0.39, 0.29) is 30.7 Å². The van der Waals surface area contributed by atoms with Crippen molar-refractivity contribution < 1.29 is 15.0 Å².